The number of rotatable bonds is 18. The third-order valence-electron chi connectivity index (χ3n) is 6.55. The predicted molar refractivity (Wildman–Crippen MR) is 161 cm³/mol. The molecule has 9 heteroatoms. The number of nitrogens with one attached hydrogen (secondary N) is 2. The highest BCUT2D eigenvalue weighted by atomic mass is 16.6. The Labute approximate surface area is 252 Å². The molecule has 43 heavy (non-hydrogen) atoms. The van der Waals surface area contributed by atoms with Gasteiger partial charge in [0, 0.05) is 19.4 Å². The average molecular weight is 589 g/mol. The van der Waals surface area contributed by atoms with Crippen LogP contribution in [0.25, 0.3) is 0 Å². The second-order valence-corrected chi connectivity index (χ2v) is 10.1. The quantitative estimate of drug-likeness (QED) is 0.113. The number of unbranched alkanes of at least 4 members (excludes halogenated alkanes) is 3. The zero-order valence-electron chi connectivity index (χ0n) is 24.4. The van der Waals surface area contributed by atoms with Gasteiger partial charge in [-0.15, -0.1) is 0 Å². The fraction of sp³-hybridized carbons (Fsp3) is 0.353. The van der Waals surface area contributed by atoms with E-state index in [1.54, 1.807) is 0 Å². The highest BCUT2D eigenvalue weighted by molar-refractivity contribution is 5.83. The number of hydrogen-bond donors (Lipinski definition) is 2. The van der Waals surface area contributed by atoms with E-state index < -0.39 is 18.1 Å². The molecule has 0 bridgehead atoms. The summed E-state index contributed by atoms with van der Waals surface area (Å²) in [6.45, 7) is 0.857. The topological polar surface area (TPSA) is 120 Å². The van der Waals surface area contributed by atoms with Gasteiger partial charge in [-0.1, -0.05) is 104 Å². The third-order valence-corrected chi connectivity index (χ3v) is 6.55. The maximum atomic E-state index is 12.8. The molecule has 3 aromatic rings. The van der Waals surface area contributed by atoms with E-state index in [2.05, 4.69) is 10.6 Å². The number of esters is 2. The lowest BCUT2D eigenvalue weighted by atomic mass is 10.1. The van der Waals surface area contributed by atoms with Crippen molar-refractivity contribution in [2.75, 3.05) is 6.54 Å². The van der Waals surface area contributed by atoms with E-state index in [1.165, 1.54) is 0 Å². The Bertz CT molecular complexity index is 1250. The van der Waals surface area contributed by atoms with E-state index in [0.29, 0.717) is 13.0 Å². The highest BCUT2D eigenvalue weighted by Crippen LogP contribution is 2.09. The lowest BCUT2D eigenvalue weighted by Crippen LogP contribution is -2.43. The largest absolute Gasteiger partial charge is 0.461 e. The van der Waals surface area contributed by atoms with Crippen molar-refractivity contribution in [1.29, 1.82) is 0 Å². The van der Waals surface area contributed by atoms with Gasteiger partial charge >= 0.3 is 18.0 Å². The van der Waals surface area contributed by atoms with Gasteiger partial charge in [-0.05, 0) is 36.0 Å². The molecule has 2 N–H and O–H groups in total. The molecule has 0 aliphatic rings. The van der Waals surface area contributed by atoms with Gasteiger partial charge in [-0.2, -0.15) is 0 Å². The molecule has 228 valence electrons. The molecule has 9 nitrogen and oxygen atoms in total. The molecule has 0 saturated heterocycles. The molecule has 0 spiro atoms. The second-order valence-electron chi connectivity index (χ2n) is 10.1. The Kier molecular flexibility index (Phi) is 14.9. The van der Waals surface area contributed by atoms with Crippen LogP contribution in [-0.2, 0) is 48.4 Å². The van der Waals surface area contributed by atoms with Crippen LogP contribution in [-0.4, -0.2) is 36.5 Å². The van der Waals surface area contributed by atoms with E-state index in [-0.39, 0.29) is 44.5 Å². The molecule has 0 saturated carbocycles. The van der Waals surface area contributed by atoms with Crippen molar-refractivity contribution in [3.63, 3.8) is 0 Å². The molecule has 0 aliphatic carbocycles. The predicted octanol–water partition coefficient (Wildman–Crippen LogP) is 5.62. The fourth-order valence-electron chi connectivity index (χ4n) is 4.14. The number of amides is 2. The van der Waals surface area contributed by atoms with Gasteiger partial charge in [-0.3, -0.25) is 9.59 Å². The van der Waals surface area contributed by atoms with Crippen molar-refractivity contribution in [1.82, 2.24) is 10.6 Å². The SMILES string of the molecule is O=C(CC[C@H](NC(=O)OCc1ccccc1)C(=O)OCc1ccccc1)NCCCCCCC(=O)OCc1ccccc1. The van der Waals surface area contributed by atoms with E-state index in [0.717, 1.165) is 42.4 Å². The van der Waals surface area contributed by atoms with Crippen LogP contribution in [0.1, 0.15) is 61.6 Å². The van der Waals surface area contributed by atoms with E-state index in [4.69, 9.17) is 14.2 Å². The van der Waals surface area contributed by atoms with Crippen LogP contribution in [0.4, 0.5) is 4.79 Å². The molecule has 0 fully saturated rings. The van der Waals surface area contributed by atoms with E-state index in [9.17, 15) is 19.2 Å². The second kappa shape index (κ2) is 19.5. The van der Waals surface area contributed by atoms with Crippen molar-refractivity contribution < 1.29 is 33.4 Å². The number of carbonyl (C=O) groups excluding carboxylic acids is 4. The van der Waals surface area contributed by atoms with Gasteiger partial charge < -0.3 is 24.8 Å². The monoisotopic (exact) mass is 588 g/mol. The van der Waals surface area contributed by atoms with Crippen LogP contribution in [0, 0.1) is 0 Å². The van der Waals surface area contributed by atoms with E-state index in [1.807, 2.05) is 91.0 Å². The smallest absolute Gasteiger partial charge is 0.408 e. The van der Waals surface area contributed by atoms with Crippen molar-refractivity contribution >= 4 is 23.9 Å². The first-order valence-corrected chi connectivity index (χ1v) is 14.6. The molecule has 0 aliphatic heterocycles. The first kappa shape index (κ1) is 32.8. The Hall–Kier alpha value is -4.66. The number of carbonyl (C=O) groups is 4. The summed E-state index contributed by atoms with van der Waals surface area (Å²) >= 11 is 0. The highest BCUT2D eigenvalue weighted by Gasteiger charge is 2.24. The van der Waals surface area contributed by atoms with Crippen LogP contribution in [0.15, 0.2) is 91.0 Å². The van der Waals surface area contributed by atoms with Gasteiger partial charge in [0.15, 0.2) is 0 Å². The Morgan fingerprint density at radius 1 is 0.581 bits per heavy atom. The van der Waals surface area contributed by atoms with Crippen LogP contribution >= 0.6 is 0 Å². The van der Waals surface area contributed by atoms with Gasteiger partial charge in [0.05, 0.1) is 0 Å². The summed E-state index contributed by atoms with van der Waals surface area (Å²) in [5.74, 6) is -1.09. The molecule has 1 atom stereocenters. The lowest BCUT2D eigenvalue weighted by Gasteiger charge is -2.18. The summed E-state index contributed by atoms with van der Waals surface area (Å²) in [4.78, 5) is 49.6. The molecular formula is C34H40N2O7. The van der Waals surface area contributed by atoms with Crippen LogP contribution < -0.4 is 10.6 Å². The zero-order chi connectivity index (χ0) is 30.5. The van der Waals surface area contributed by atoms with Gasteiger partial charge in [0.2, 0.25) is 5.91 Å². The molecule has 0 aromatic heterocycles. The van der Waals surface area contributed by atoms with Gasteiger partial charge in [0.1, 0.15) is 25.9 Å². The Morgan fingerprint density at radius 2 is 1.09 bits per heavy atom. The average Bonchev–Trinajstić information content (AvgIpc) is 3.04. The minimum Gasteiger partial charge on any atom is -0.461 e. The normalized spacial score (nSPS) is 11.2. The minimum absolute atomic E-state index is 0.0251. The van der Waals surface area contributed by atoms with Gasteiger partial charge in [0.25, 0.3) is 0 Å². The molecule has 0 heterocycles. The Balaban J connectivity index is 1.32. The summed E-state index contributed by atoms with van der Waals surface area (Å²) in [5, 5.41) is 5.39. The molecule has 0 unspecified atom stereocenters. The Morgan fingerprint density at radius 3 is 1.67 bits per heavy atom. The lowest BCUT2D eigenvalue weighted by molar-refractivity contribution is -0.148. The van der Waals surface area contributed by atoms with Crippen LogP contribution in [0.2, 0.25) is 0 Å². The summed E-state index contributed by atoms with van der Waals surface area (Å²) in [6, 6.07) is 26.9. The number of ether oxygens (including phenoxy) is 3. The molecule has 3 rings (SSSR count). The fourth-order valence-corrected chi connectivity index (χ4v) is 4.14. The van der Waals surface area contributed by atoms with E-state index >= 15 is 0 Å². The standard InChI is InChI=1S/C34H40N2O7/c37-31(35-23-13-2-1-12-20-32(38)41-24-27-14-6-3-7-15-27)22-21-30(33(39)42-25-28-16-8-4-9-17-28)36-34(40)43-26-29-18-10-5-11-19-29/h3-11,14-19,30H,1-2,12-13,20-26H2,(H,35,37)(H,36,40)/t30-/m0/s1. The van der Waals surface area contributed by atoms with Crippen molar-refractivity contribution in [2.45, 2.75) is 70.8 Å². The summed E-state index contributed by atoms with van der Waals surface area (Å²) < 4.78 is 15.9. The third kappa shape index (κ3) is 14.2. The molecule has 3 aromatic carbocycles. The van der Waals surface area contributed by atoms with Gasteiger partial charge in [-0.25, -0.2) is 9.59 Å². The van der Waals surface area contributed by atoms with Crippen molar-refractivity contribution in [2.24, 2.45) is 0 Å². The van der Waals surface area contributed by atoms with Crippen LogP contribution in [0.5, 0.6) is 0 Å². The summed E-state index contributed by atoms with van der Waals surface area (Å²) in [5.41, 5.74) is 2.58. The zero-order valence-corrected chi connectivity index (χ0v) is 24.4. The minimum atomic E-state index is -1.04. The number of alkyl carbamates (subject to hydrolysis) is 1. The van der Waals surface area contributed by atoms with Crippen LogP contribution in [0.3, 0.4) is 0 Å². The first-order chi connectivity index (χ1) is 21.0. The first-order valence-electron chi connectivity index (χ1n) is 14.6. The summed E-state index contributed by atoms with van der Waals surface area (Å²) in [7, 11) is 0. The maximum Gasteiger partial charge on any atom is 0.408 e. The van der Waals surface area contributed by atoms with Crippen molar-refractivity contribution in [3.8, 4) is 0 Å². The number of hydrogen-bond acceptors (Lipinski definition) is 7. The number of benzene rings is 3. The molecule has 2 amide bonds. The molecular weight excluding hydrogens is 548 g/mol. The van der Waals surface area contributed by atoms with Crippen molar-refractivity contribution in [3.05, 3.63) is 108 Å². The maximum absolute atomic E-state index is 12.8. The summed E-state index contributed by atoms with van der Waals surface area (Å²) in [6.07, 6.45) is 2.87. The molecule has 0 radical (unpaired) electrons.